The molecule has 1 unspecified atom stereocenters. The molecule has 0 amide bonds. The molecule has 0 spiro atoms. The summed E-state index contributed by atoms with van der Waals surface area (Å²) in [5.41, 5.74) is 1.93. The van der Waals surface area contributed by atoms with E-state index in [1.165, 1.54) is 0 Å². The Bertz CT molecular complexity index is 444. The molecule has 1 aromatic rings. The number of hydrogen-bond donors (Lipinski definition) is 1. The van der Waals surface area contributed by atoms with Gasteiger partial charge in [-0.3, -0.25) is 4.79 Å². The normalized spacial score (nSPS) is 15.9. The van der Waals surface area contributed by atoms with Crippen LogP contribution in [0.4, 0.5) is 0 Å². The molecule has 1 aliphatic rings. The second-order valence-electron chi connectivity index (χ2n) is 4.11. The number of fused-ring (bicyclic) bond motifs is 1. The SMILES string of the molecule is CC(Cc1cc2c(cc1Br)COCO2)C(=O)O. The van der Waals surface area contributed by atoms with Crippen LogP contribution >= 0.6 is 15.9 Å². The molecule has 0 saturated heterocycles. The van der Waals surface area contributed by atoms with Gasteiger partial charge in [0.2, 0.25) is 0 Å². The van der Waals surface area contributed by atoms with Crippen LogP contribution in [0.3, 0.4) is 0 Å². The summed E-state index contributed by atoms with van der Waals surface area (Å²) in [6, 6.07) is 3.82. The lowest BCUT2D eigenvalue weighted by Crippen LogP contribution is -2.15. The summed E-state index contributed by atoms with van der Waals surface area (Å²) in [4.78, 5) is 10.8. The van der Waals surface area contributed by atoms with Crippen LogP contribution in [0.1, 0.15) is 18.1 Å². The van der Waals surface area contributed by atoms with Crippen molar-refractivity contribution in [1.82, 2.24) is 0 Å². The van der Waals surface area contributed by atoms with Gasteiger partial charge in [0.15, 0.2) is 6.79 Å². The van der Waals surface area contributed by atoms with Gasteiger partial charge in [-0.1, -0.05) is 22.9 Å². The van der Waals surface area contributed by atoms with E-state index in [2.05, 4.69) is 15.9 Å². The van der Waals surface area contributed by atoms with Crippen molar-refractivity contribution in [3.8, 4) is 5.75 Å². The molecule has 4 nitrogen and oxygen atoms in total. The highest BCUT2D eigenvalue weighted by Gasteiger charge is 2.17. The molecule has 0 aliphatic carbocycles. The molecule has 17 heavy (non-hydrogen) atoms. The zero-order valence-electron chi connectivity index (χ0n) is 9.40. The molecular weight excluding hydrogens is 288 g/mol. The van der Waals surface area contributed by atoms with E-state index in [-0.39, 0.29) is 6.79 Å². The maximum Gasteiger partial charge on any atom is 0.306 e. The Morgan fingerprint density at radius 2 is 2.35 bits per heavy atom. The molecule has 0 bridgehead atoms. The maximum atomic E-state index is 10.8. The minimum Gasteiger partial charge on any atom is -0.481 e. The fourth-order valence-corrected chi connectivity index (χ4v) is 2.27. The number of hydrogen-bond acceptors (Lipinski definition) is 3. The van der Waals surface area contributed by atoms with Crippen molar-refractivity contribution in [2.45, 2.75) is 20.0 Å². The second-order valence-corrected chi connectivity index (χ2v) is 4.96. The van der Waals surface area contributed by atoms with Gasteiger partial charge in [0.1, 0.15) is 5.75 Å². The van der Waals surface area contributed by atoms with E-state index in [9.17, 15) is 4.79 Å². The number of ether oxygens (including phenoxy) is 2. The maximum absolute atomic E-state index is 10.8. The van der Waals surface area contributed by atoms with Crippen LogP contribution in [0.15, 0.2) is 16.6 Å². The highest BCUT2D eigenvalue weighted by Crippen LogP contribution is 2.31. The van der Waals surface area contributed by atoms with Gasteiger partial charge in [-0.2, -0.15) is 0 Å². The second kappa shape index (κ2) is 5.06. The van der Waals surface area contributed by atoms with Crippen LogP contribution < -0.4 is 4.74 Å². The van der Waals surface area contributed by atoms with Crippen molar-refractivity contribution in [3.05, 3.63) is 27.7 Å². The van der Waals surface area contributed by atoms with Gasteiger partial charge in [-0.05, 0) is 24.1 Å². The molecule has 0 radical (unpaired) electrons. The Morgan fingerprint density at radius 1 is 1.59 bits per heavy atom. The number of carbonyl (C=O) groups is 1. The summed E-state index contributed by atoms with van der Waals surface area (Å²) >= 11 is 3.45. The zero-order valence-corrected chi connectivity index (χ0v) is 11.0. The first-order valence-electron chi connectivity index (χ1n) is 5.32. The Hall–Kier alpha value is -1.07. The Balaban J connectivity index is 2.25. The van der Waals surface area contributed by atoms with Gasteiger partial charge in [0.05, 0.1) is 12.5 Å². The lowest BCUT2D eigenvalue weighted by Gasteiger charge is -2.20. The summed E-state index contributed by atoms with van der Waals surface area (Å²) in [7, 11) is 0. The Labute approximate surface area is 108 Å². The van der Waals surface area contributed by atoms with E-state index in [1.807, 2.05) is 12.1 Å². The minimum atomic E-state index is -0.793. The molecule has 1 heterocycles. The average molecular weight is 301 g/mol. The van der Waals surface area contributed by atoms with E-state index < -0.39 is 11.9 Å². The summed E-state index contributed by atoms with van der Waals surface area (Å²) in [5, 5.41) is 8.91. The van der Waals surface area contributed by atoms with Gasteiger partial charge < -0.3 is 14.6 Å². The number of halogens is 1. The first-order valence-corrected chi connectivity index (χ1v) is 6.12. The van der Waals surface area contributed by atoms with Crippen LogP contribution in [0.25, 0.3) is 0 Å². The molecule has 0 saturated carbocycles. The highest BCUT2D eigenvalue weighted by atomic mass is 79.9. The van der Waals surface area contributed by atoms with Crippen molar-refractivity contribution in [2.75, 3.05) is 6.79 Å². The topological polar surface area (TPSA) is 55.8 Å². The number of carboxylic acid groups (broad SMARTS) is 1. The number of benzene rings is 1. The van der Waals surface area contributed by atoms with Crippen LogP contribution in [-0.2, 0) is 22.6 Å². The van der Waals surface area contributed by atoms with Crippen molar-refractivity contribution >= 4 is 21.9 Å². The molecule has 0 fully saturated rings. The van der Waals surface area contributed by atoms with Gasteiger partial charge in [0, 0.05) is 10.0 Å². The molecule has 1 aliphatic heterocycles. The quantitative estimate of drug-likeness (QED) is 0.932. The third-order valence-electron chi connectivity index (χ3n) is 2.73. The van der Waals surface area contributed by atoms with Gasteiger partial charge in [-0.15, -0.1) is 0 Å². The van der Waals surface area contributed by atoms with E-state index in [0.717, 1.165) is 21.3 Å². The lowest BCUT2D eigenvalue weighted by molar-refractivity contribution is -0.141. The van der Waals surface area contributed by atoms with Crippen molar-refractivity contribution in [1.29, 1.82) is 0 Å². The van der Waals surface area contributed by atoms with Crippen LogP contribution in [-0.4, -0.2) is 17.9 Å². The number of aliphatic carboxylic acids is 1. The molecule has 1 aromatic carbocycles. The third-order valence-corrected chi connectivity index (χ3v) is 3.47. The predicted octanol–water partition coefficient (Wildman–Crippen LogP) is 2.58. The smallest absolute Gasteiger partial charge is 0.306 e. The zero-order chi connectivity index (χ0) is 12.4. The first-order chi connectivity index (χ1) is 8.08. The Kier molecular flexibility index (Phi) is 3.69. The number of rotatable bonds is 3. The number of carboxylic acids is 1. The summed E-state index contributed by atoms with van der Waals surface area (Å²) < 4.78 is 11.4. The summed E-state index contributed by atoms with van der Waals surface area (Å²) in [6.45, 7) is 2.48. The summed E-state index contributed by atoms with van der Waals surface area (Å²) in [6.07, 6.45) is 0.480. The molecule has 1 atom stereocenters. The standard InChI is InChI=1S/C12H13BrO4/c1-7(12(14)15)2-8-4-11-9(3-10(8)13)5-16-6-17-11/h3-4,7H,2,5-6H2,1H3,(H,14,15). The predicted molar refractivity (Wildman–Crippen MR) is 64.9 cm³/mol. The monoisotopic (exact) mass is 300 g/mol. The van der Waals surface area contributed by atoms with Gasteiger partial charge >= 0.3 is 5.97 Å². The van der Waals surface area contributed by atoms with Crippen LogP contribution in [0, 0.1) is 5.92 Å². The van der Waals surface area contributed by atoms with Crippen LogP contribution in [0.2, 0.25) is 0 Å². The highest BCUT2D eigenvalue weighted by molar-refractivity contribution is 9.10. The molecule has 1 N–H and O–H groups in total. The van der Waals surface area contributed by atoms with E-state index in [4.69, 9.17) is 14.6 Å². The fourth-order valence-electron chi connectivity index (χ4n) is 1.71. The summed E-state index contributed by atoms with van der Waals surface area (Å²) in [5.74, 6) is -0.421. The van der Waals surface area contributed by atoms with Crippen molar-refractivity contribution in [3.63, 3.8) is 0 Å². The molecular formula is C12H13BrO4. The third kappa shape index (κ3) is 2.79. The lowest BCUT2D eigenvalue weighted by atomic mass is 9.99. The van der Waals surface area contributed by atoms with Gasteiger partial charge in [-0.25, -0.2) is 0 Å². The molecule has 2 rings (SSSR count). The molecule has 92 valence electrons. The van der Waals surface area contributed by atoms with E-state index >= 15 is 0 Å². The molecule has 0 aromatic heterocycles. The van der Waals surface area contributed by atoms with Crippen LogP contribution in [0.5, 0.6) is 5.75 Å². The minimum absolute atomic E-state index is 0.253. The van der Waals surface area contributed by atoms with E-state index in [1.54, 1.807) is 6.92 Å². The largest absolute Gasteiger partial charge is 0.481 e. The Morgan fingerprint density at radius 3 is 3.06 bits per heavy atom. The average Bonchev–Trinajstić information content (AvgIpc) is 2.29. The molecule has 5 heteroatoms. The fraction of sp³-hybridized carbons (Fsp3) is 0.417. The van der Waals surface area contributed by atoms with Crippen molar-refractivity contribution in [2.24, 2.45) is 5.92 Å². The first kappa shape index (κ1) is 12.4. The van der Waals surface area contributed by atoms with E-state index in [0.29, 0.717) is 13.0 Å². The van der Waals surface area contributed by atoms with Gasteiger partial charge in [0.25, 0.3) is 0 Å². The van der Waals surface area contributed by atoms with Crippen molar-refractivity contribution < 1.29 is 19.4 Å².